The number of para-hydroxylation sites is 1. The molecule has 0 saturated carbocycles. The highest BCUT2D eigenvalue weighted by Crippen LogP contribution is 2.24. The fraction of sp³-hybridized carbons (Fsp3) is 0.312. The number of carbonyl (C=O) groups is 1. The number of halogens is 1. The molecule has 2 heterocycles. The van der Waals surface area contributed by atoms with E-state index in [4.69, 9.17) is 5.73 Å². The lowest BCUT2D eigenvalue weighted by Gasteiger charge is -2.35. The summed E-state index contributed by atoms with van der Waals surface area (Å²) in [5, 5.41) is 11.0. The van der Waals surface area contributed by atoms with E-state index in [1.54, 1.807) is 18.2 Å². The highest BCUT2D eigenvalue weighted by molar-refractivity contribution is 5.90. The van der Waals surface area contributed by atoms with Crippen LogP contribution in [0.15, 0.2) is 36.4 Å². The zero-order valence-electron chi connectivity index (χ0n) is 12.6. The van der Waals surface area contributed by atoms with E-state index in [1.165, 1.54) is 12.1 Å². The monoisotopic (exact) mass is 315 g/mol. The predicted octanol–water partition coefficient (Wildman–Crippen LogP) is 1.80. The molecule has 1 aromatic heterocycles. The second-order valence-corrected chi connectivity index (χ2v) is 5.55. The van der Waals surface area contributed by atoms with Crippen LogP contribution in [0.3, 0.4) is 0 Å². The van der Waals surface area contributed by atoms with Crippen LogP contribution in [0.5, 0.6) is 0 Å². The summed E-state index contributed by atoms with van der Waals surface area (Å²) in [6.45, 7) is 1.51. The van der Waals surface area contributed by atoms with Gasteiger partial charge in [0.15, 0.2) is 5.69 Å². The van der Waals surface area contributed by atoms with Gasteiger partial charge < -0.3 is 16.0 Å². The summed E-state index contributed by atoms with van der Waals surface area (Å²) in [6, 6.07) is 10.1. The number of piperidine rings is 1. The Morgan fingerprint density at radius 1 is 1.26 bits per heavy atom. The van der Waals surface area contributed by atoms with Crippen LogP contribution in [0, 0.1) is 5.82 Å². The molecule has 7 heteroatoms. The molecule has 0 spiro atoms. The maximum absolute atomic E-state index is 13.9. The van der Waals surface area contributed by atoms with Crippen molar-refractivity contribution in [1.29, 1.82) is 0 Å². The molecule has 6 nitrogen and oxygen atoms in total. The van der Waals surface area contributed by atoms with E-state index in [-0.39, 0.29) is 17.6 Å². The minimum atomic E-state index is -0.604. The number of nitrogens with zero attached hydrogens (tertiary/aromatic N) is 3. The Hall–Kier alpha value is -2.70. The Morgan fingerprint density at radius 3 is 2.78 bits per heavy atom. The number of nitrogens with two attached hydrogens (primary N) is 1. The summed E-state index contributed by atoms with van der Waals surface area (Å²) in [6.07, 6.45) is 1.92. The first-order chi connectivity index (χ1) is 11.1. The van der Waals surface area contributed by atoms with Crippen LogP contribution in [0.4, 0.5) is 15.9 Å². The lowest BCUT2D eigenvalue weighted by molar-refractivity contribution is 0.0994. The Morgan fingerprint density at radius 2 is 2.09 bits per heavy atom. The third-order valence-electron chi connectivity index (χ3n) is 3.88. The molecule has 3 N–H and O–H groups in total. The second kappa shape index (κ2) is 6.60. The average Bonchev–Trinajstić information content (AvgIpc) is 2.56. The summed E-state index contributed by atoms with van der Waals surface area (Å²) in [4.78, 5) is 13.0. The lowest BCUT2D eigenvalue weighted by Crippen LogP contribution is -2.42. The summed E-state index contributed by atoms with van der Waals surface area (Å²) >= 11 is 0. The fourth-order valence-corrected chi connectivity index (χ4v) is 2.77. The maximum Gasteiger partial charge on any atom is 0.269 e. The Bertz CT molecular complexity index is 691. The van der Waals surface area contributed by atoms with Crippen molar-refractivity contribution < 1.29 is 9.18 Å². The van der Waals surface area contributed by atoms with Crippen molar-refractivity contribution in [2.45, 2.75) is 18.9 Å². The summed E-state index contributed by atoms with van der Waals surface area (Å²) in [7, 11) is 0. The van der Waals surface area contributed by atoms with Gasteiger partial charge >= 0.3 is 0 Å². The van der Waals surface area contributed by atoms with E-state index in [2.05, 4.69) is 15.5 Å². The van der Waals surface area contributed by atoms with Gasteiger partial charge in [0.25, 0.3) is 5.91 Å². The Kier molecular flexibility index (Phi) is 4.36. The molecule has 1 fully saturated rings. The van der Waals surface area contributed by atoms with Crippen LogP contribution in [0.2, 0.25) is 0 Å². The quantitative estimate of drug-likeness (QED) is 0.899. The van der Waals surface area contributed by atoms with Crippen molar-refractivity contribution in [3.63, 3.8) is 0 Å². The zero-order chi connectivity index (χ0) is 16.2. The molecule has 2 aromatic rings. The molecule has 1 unspecified atom stereocenters. The molecule has 0 bridgehead atoms. The van der Waals surface area contributed by atoms with Crippen molar-refractivity contribution >= 4 is 17.4 Å². The van der Waals surface area contributed by atoms with Crippen molar-refractivity contribution in [2.24, 2.45) is 5.73 Å². The number of anilines is 2. The Balaban J connectivity index is 1.67. The smallest absolute Gasteiger partial charge is 0.269 e. The topological polar surface area (TPSA) is 84.1 Å². The number of rotatable bonds is 4. The Labute approximate surface area is 133 Å². The molecule has 120 valence electrons. The molecule has 1 atom stereocenters. The fourth-order valence-electron chi connectivity index (χ4n) is 2.77. The zero-order valence-corrected chi connectivity index (χ0v) is 12.6. The number of aromatic nitrogens is 2. The van der Waals surface area contributed by atoms with Crippen LogP contribution >= 0.6 is 0 Å². The molecule has 1 aromatic carbocycles. The number of hydrogen-bond donors (Lipinski definition) is 2. The molecule has 23 heavy (non-hydrogen) atoms. The van der Waals surface area contributed by atoms with Gasteiger partial charge in [-0.3, -0.25) is 4.79 Å². The van der Waals surface area contributed by atoms with Crippen molar-refractivity contribution in [3.8, 4) is 0 Å². The minimum absolute atomic E-state index is 0.132. The van der Waals surface area contributed by atoms with Crippen molar-refractivity contribution in [1.82, 2.24) is 10.2 Å². The van der Waals surface area contributed by atoms with Gasteiger partial charge in [0.05, 0.1) is 5.69 Å². The van der Waals surface area contributed by atoms with E-state index < -0.39 is 5.91 Å². The third kappa shape index (κ3) is 3.56. The number of benzene rings is 1. The standard InChI is InChI=1S/C16H18FN5O/c17-12-5-1-2-6-14(12)22-9-3-4-11(10-22)19-15-8-7-13(16(18)23)20-21-15/h1-2,5-8,11H,3-4,9-10H2,(H2,18,23)(H,19,21). The molecule has 0 radical (unpaired) electrons. The molecular formula is C16H18FN5O. The first kappa shape index (κ1) is 15.2. The minimum Gasteiger partial charge on any atom is -0.367 e. The van der Waals surface area contributed by atoms with Crippen LogP contribution in [0.25, 0.3) is 0 Å². The van der Waals surface area contributed by atoms with E-state index in [0.29, 0.717) is 18.1 Å². The van der Waals surface area contributed by atoms with Gasteiger partial charge in [-0.2, -0.15) is 0 Å². The number of amides is 1. The number of hydrogen-bond acceptors (Lipinski definition) is 5. The van der Waals surface area contributed by atoms with E-state index in [0.717, 1.165) is 19.4 Å². The van der Waals surface area contributed by atoms with Crippen LogP contribution in [-0.2, 0) is 0 Å². The van der Waals surface area contributed by atoms with Crippen LogP contribution in [0.1, 0.15) is 23.3 Å². The SMILES string of the molecule is NC(=O)c1ccc(NC2CCCN(c3ccccc3F)C2)nn1. The second-order valence-electron chi connectivity index (χ2n) is 5.55. The lowest BCUT2D eigenvalue weighted by atomic mass is 10.0. The van der Waals surface area contributed by atoms with Gasteiger partial charge in [0, 0.05) is 19.1 Å². The average molecular weight is 315 g/mol. The highest BCUT2D eigenvalue weighted by atomic mass is 19.1. The molecule has 1 saturated heterocycles. The first-order valence-corrected chi connectivity index (χ1v) is 7.53. The van der Waals surface area contributed by atoms with Gasteiger partial charge in [0.1, 0.15) is 11.6 Å². The van der Waals surface area contributed by atoms with E-state index in [1.807, 2.05) is 11.0 Å². The van der Waals surface area contributed by atoms with Gasteiger partial charge in [-0.15, -0.1) is 10.2 Å². The molecule has 3 rings (SSSR count). The first-order valence-electron chi connectivity index (χ1n) is 7.53. The van der Waals surface area contributed by atoms with Gasteiger partial charge in [-0.05, 0) is 37.1 Å². The highest BCUT2D eigenvalue weighted by Gasteiger charge is 2.22. The maximum atomic E-state index is 13.9. The molecule has 0 aliphatic carbocycles. The number of nitrogens with one attached hydrogen (secondary N) is 1. The summed E-state index contributed by atoms with van der Waals surface area (Å²) < 4.78 is 13.9. The molecule has 1 aliphatic heterocycles. The van der Waals surface area contributed by atoms with Crippen LogP contribution in [-0.4, -0.2) is 35.2 Å². The molecule has 1 aliphatic rings. The van der Waals surface area contributed by atoms with Gasteiger partial charge in [-0.1, -0.05) is 12.1 Å². The largest absolute Gasteiger partial charge is 0.367 e. The van der Waals surface area contributed by atoms with Crippen LogP contribution < -0.4 is 16.0 Å². The normalized spacial score (nSPS) is 17.8. The third-order valence-corrected chi connectivity index (χ3v) is 3.88. The van der Waals surface area contributed by atoms with Crippen molar-refractivity contribution in [3.05, 3.63) is 47.9 Å². The van der Waals surface area contributed by atoms with Gasteiger partial charge in [-0.25, -0.2) is 4.39 Å². The predicted molar refractivity (Wildman–Crippen MR) is 85.8 cm³/mol. The molecule has 1 amide bonds. The van der Waals surface area contributed by atoms with Crippen molar-refractivity contribution in [2.75, 3.05) is 23.3 Å². The van der Waals surface area contributed by atoms with E-state index in [9.17, 15) is 9.18 Å². The summed E-state index contributed by atoms with van der Waals surface area (Å²) in [5.41, 5.74) is 5.89. The van der Waals surface area contributed by atoms with E-state index >= 15 is 0 Å². The van der Waals surface area contributed by atoms with Gasteiger partial charge in [0.2, 0.25) is 0 Å². The summed E-state index contributed by atoms with van der Waals surface area (Å²) in [5.74, 6) is -0.235. The molecular weight excluding hydrogens is 297 g/mol. The number of carbonyl (C=O) groups excluding carboxylic acids is 1. The number of primary amides is 1.